The highest BCUT2D eigenvalue weighted by Gasteiger charge is 2.27. The van der Waals surface area contributed by atoms with Gasteiger partial charge in [0.1, 0.15) is 46.4 Å². The molecule has 3 aromatic rings. The molecule has 1 aromatic heterocycles. The second-order valence-corrected chi connectivity index (χ2v) is 13.2. The summed E-state index contributed by atoms with van der Waals surface area (Å²) in [6.07, 6.45) is 1.71. The molecular formula is C35H46N4O7. The maximum Gasteiger partial charge on any atom is 0.407 e. The Hall–Kier alpha value is -4.67. The summed E-state index contributed by atoms with van der Waals surface area (Å²) in [4.78, 5) is 30.2. The van der Waals surface area contributed by atoms with Crippen molar-refractivity contribution < 1.29 is 33.3 Å². The SMILES string of the molecule is COc1ccc(COc2cccc(OCC3CC3)c2-c2cc(NCCNC(=O)OC(C)(C)C)c(C(=O)OC(C)(C)C)c(N)n2)cc1. The van der Waals surface area contributed by atoms with Crippen molar-refractivity contribution in [1.29, 1.82) is 0 Å². The van der Waals surface area contributed by atoms with E-state index >= 15 is 0 Å². The normalized spacial score (nSPS) is 13.0. The van der Waals surface area contributed by atoms with Gasteiger partial charge in [0.05, 0.1) is 30.7 Å². The van der Waals surface area contributed by atoms with Gasteiger partial charge in [-0.1, -0.05) is 18.2 Å². The topological polar surface area (TPSA) is 143 Å². The molecule has 1 saturated carbocycles. The predicted octanol–water partition coefficient (Wildman–Crippen LogP) is 6.60. The molecular weight excluding hydrogens is 588 g/mol. The molecule has 0 bridgehead atoms. The number of amides is 1. The summed E-state index contributed by atoms with van der Waals surface area (Å²) < 4.78 is 28.9. The van der Waals surface area contributed by atoms with Crippen LogP contribution in [0.25, 0.3) is 11.3 Å². The molecule has 1 aliphatic rings. The highest BCUT2D eigenvalue weighted by Crippen LogP contribution is 2.41. The van der Waals surface area contributed by atoms with E-state index < -0.39 is 23.3 Å². The summed E-state index contributed by atoms with van der Waals surface area (Å²) in [7, 11) is 1.62. The first-order valence-corrected chi connectivity index (χ1v) is 15.5. The standard InChI is InChI=1S/C35H46N4O7/c1-34(2,3)45-32(40)30-25(37-17-18-38-33(41)46-35(4,5)6)19-26(39-31(30)36)29-27(43-20-22-11-12-22)9-8-10-28(29)44-21-23-13-15-24(42-7)16-14-23/h8-10,13-16,19,22H,11-12,17-18,20-21H2,1-7H3,(H,38,41)(H3,36,37,39). The Morgan fingerprint density at radius 3 is 2.17 bits per heavy atom. The lowest BCUT2D eigenvalue weighted by Gasteiger charge is -2.23. The quantitative estimate of drug-likeness (QED) is 0.139. The third kappa shape index (κ3) is 10.2. The van der Waals surface area contributed by atoms with Crippen LogP contribution in [0.4, 0.5) is 16.3 Å². The van der Waals surface area contributed by atoms with Gasteiger partial charge >= 0.3 is 12.1 Å². The molecule has 0 saturated heterocycles. The van der Waals surface area contributed by atoms with Gasteiger partial charge in [0.15, 0.2) is 0 Å². The van der Waals surface area contributed by atoms with E-state index in [4.69, 9.17) is 29.4 Å². The van der Waals surface area contributed by atoms with Crippen LogP contribution in [0.3, 0.4) is 0 Å². The summed E-state index contributed by atoms with van der Waals surface area (Å²) in [5, 5.41) is 5.95. The molecule has 1 heterocycles. The first kappa shape index (κ1) is 34.2. The summed E-state index contributed by atoms with van der Waals surface area (Å²) in [5.74, 6) is 1.76. The van der Waals surface area contributed by atoms with Crippen molar-refractivity contribution >= 4 is 23.6 Å². The van der Waals surface area contributed by atoms with Gasteiger partial charge in [-0.3, -0.25) is 0 Å². The van der Waals surface area contributed by atoms with Crippen LogP contribution in [0.2, 0.25) is 0 Å². The summed E-state index contributed by atoms with van der Waals surface area (Å²) in [6.45, 7) is 12.1. The van der Waals surface area contributed by atoms with Gasteiger partial charge in [0.25, 0.3) is 0 Å². The van der Waals surface area contributed by atoms with Crippen molar-refractivity contribution in [2.24, 2.45) is 5.92 Å². The van der Waals surface area contributed by atoms with E-state index in [2.05, 4.69) is 15.6 Å². The number of esters is 1. The number of pyridine rings is 1. The number of alkyl carbamates (subject to hydrolysis) is 1. The highest BCUT2D eigenvalue weighted by atomic mass is 16.6. The van der Waals surface area contributed by atoms with Crippen molar-refractivity contribution in [1.82, 2.24) is 10.3 Å². The number of benzene rings is 2. The number of rotatable bonds is 13. The molecule has 4 rings (SSSR count). The molecule has 0 aliphatic heterocycles. The van der Waals surface area contributed by atoms with Gasteiger partial charge in [-0.05, 0) is 96.2 Å². The van der Waals surface area contributed by atoms with Gasteiger partial charge < -0.3 is 40.1 Å². The lowest BCUT2D eigenvalue weighted by Crippen LogP contribution is -2.35. The predicted molar refractivity (Wildman–Crippen MR) is 178 cm³/mol. The summed E-state index contributed by atoms with van der Waals surface area (Å²) in [5.41, 5.74) is 7.58. The molecule has 11 nitrogen and oxygen atoms in total. The van der Waals surface area contributed by atoms with Crippen molar-refractivity contribution in [3.63, 3.8) is 0 Å². The smallest absolute Gasteiger partial charge is 0.407 e. The second kappa shape index (κ2) is 14.6. The number of carbonyl (C=O) groups is 2. The van der Waals surface area contributed by atoms with Gasteiger partial charge in [0.2, 0.25) is 0 Å². The molecule has 2 aromatic carbocycles. The van der Waals surface area contributed by atoms with Crippen LogP contribution in [0, 0.1) is 5.92 Å². The number of hydrogen-bond acceptors (Lipinski definition) is 10. The third-order valence-electron chi connectivity index (χ3n) is 6.73. The Kier molecular flexibility index (Phi) is 10.9. The fraction of sp³-hybridized carbons (Fsp3) is 0.457. The van der Waals surface area contributed by atoms with Crippen molar-refractivity contribution in [2.75, 3.05) is 37.9 Å². The maximum absolute atomic E-state index is 13.3. The van der Waals surface area contributed by atoms with Crippen LogP contribution in [0.1, 0.15) is 70.3 Å². The number of methoxy groups -OCH3 is 1. The molecule has 46 heavy (non-hydrogen) atoms. The van der Waals surface area contributed by atoms with E-state index in [1.165, 1.54) is 0 Å². The molecule has 1 aliphatic carbocycles. The zero-order valence-electron chi connectivity index (χ0n) is 27.8. The average molecular weight is 635 g/mol. The average Bonchev–Trinajstić information content (AvgIpc) is 3.80. The zero-order valence-corrected chi connectivity index (χ0v) is 27.8. The van der Waals surface area contributed by atoms with E-state index in [-0.39, 0.29) is 31.1 Å². The van der Waals surface area contributed by atoms with E-state index in [0.29, 0.717) is 41.0 Å². The lowest BCUT2D eigenvalue weighted by atomic mass is 10.0. The molecule has 248 valence electrons. The molecule has 11 heteroatoms. The molecule has 0 atom stereocenters. The summed E-state index contributed by atoms with van der Waals surface area (Å²) in [6, 6.07) is 14.9. The fourth-order valence-corrected chi connectivity index (χ4v) is 4.43. The molecule has 1 amide bonds. The van der Waals surface area contributed by atoms with Crippen molar-refractivity contribution in [3.8, 4) is 28.5 Å². The Morgan fingerprint density at radius 2 is 1.57 bits per heavy atom. The number of ether oxygens (including phenoxy) is 5. The largest absolute Gasteiger partial charge is 0.497 e. The highest BCUT2D eigenvalue weighted by molar-refractivity contribution is 6.01. The van der Waals surface area contributed by atoms with E-state index in [1.807, 2.05) is 42.5 Å². The number of nitrogens with two attached hydrogens (primary N) is 1. The van der Waals surface area contributed by atoms with E-state index in [1.54, 1.807) is 54.7 Å². The Labute approximate surface area is 271 Å². The number of nitrogens with zero attached hydrogens (tertiary/aromatic N) is 1. The maximum atomic E-state index is 13.3. The fourth-order valence-electron chi connectivity index (χ4n) is 4.43. The van der Waals surface area contributed by atoms with Crippen molar-refractivity contribution in [2.45, 2.75) is 72.2 Å². The number of nitrogen functional groups attached to an aromatic ring is 1. The Bertz CT molecular complexity index is 1510. The Morgan fingerprint density at radius 1 is 0.913 bits per heavy atom. The van der Waals surface area contributed by atoms with Crippen molar-refractivity contribution in [3.05, 3.63) is 59.7 Å². The monoisotopic (exact) mass is 634 g/mol. The first-order chi connectivity index (χ1) is 21.7. The molecule has 0 radical (unpaired) electrons. The zero-order chi connectivity index (χ0) is 33.5. The van der Waals surface area contributed by atoms with Gasteiger partial charge in [-0.15, -0.1) is 0 Å². The van der Waals surface area contributed by atoms with Crippen LogP contribution in [0.5, 0.6) is 17.2 Å². The number of hydrogen-bond donors (Lipinski definition) is 3. The lowest BCUT2D eigenvalue weighted by molar-refractivity contribution is 0.00712. The minimum Gasteiger partial charge on any atom is -0.497 e. The minimum atomic E-state index is -0.760. The van der Waals surface area contributed by atoms with Crippen LogP contribution < -0.4 is 30.6 Å². The number of anilines is 2. The number of carbonyl (C=O) groups excluding carboxylic acids is 2. The minimum absolute atomic E-state index is 0.0209. The van der Waals surface area contributed by atoms with Gasteiger partial charge in [-0.2, -0.15) is 0 Å². The van der Waals surface area contributed by atoms with Crippen LogP contribution in [-0.4, -0.2) is 55.1 Å². The van der Waals surface area contributed by atoms with E-state index in [9.17, 15) is 9.59 Å². The van der Waals surface area contributed by atoms with Crippen LogP contribution in [-0.2, 0) is 16.1 Å². The summed E-state index contributed by atoms with van der Waals surface area (Å²) >= 11 is 0. The number of nitrogens with one attached hydrogen (secondary N) is 2. The molecule has 0 unspecified atom stereocenters. The molecule has 1 fully saturated rings. The first-order valence-electron chi connectivity index (χ1n) is 15.5. The van der Waals surface area contributed by atoms with Gasteiger partial charge in [0, 0.05) is 13.1 Å². The van der Waals surface area contributed by atoms with E-state index in [0.717, 1.165) is 24.2 Å². The second-order valence-electron chi connectivity index (χ2n) is 13.2. The molecule has 0 spiro atoms. The third-order valence-corrected chi connectivity index (χ3v) is 6.73. The van der Waals surface area contributed by atoms with Crippen LogP contribution >= 0.6 is 0 Å². The Balaban J connectivity index is 1.68. The molecule has 4 N–H and O–H groups in total. The number of aromatic nitrogens is 1. The van der Waals surface area contributed by atoms with Gasteiger partial charge in [-0.25, -0.2) is 14.6 Å². The van der Waals surface area contributed by atoms with Crippen LogP contribution in [0.15, 0.2) is 48.5 Å².